The normalized spacial score (nSPS) is 11.6. The lowest BCUT2D eigenvalue weighted by Crippen LogP contribution is -2.00. The van der Waals surface area contributed by atoms with Gasteiger partial charge in [0, 0.05) is 44.4 Å². The van der Waals surface area contributed by atoms with Crippen molar-refractivity contribution >= 4 is 43.6 Å². The Hall–Kier alpha value is -6.20. The van der Waals surface area contributed by atoms with E-state index in [0.29, 0.717) is 17.5 Å². The Morgan fingerprint density at radius 3 is 1.69 bits per heavy atom. The van der Waals surface area contributed by atoms with Crippen LogP contribution in [0.5, 0.6) is 0 Å². The summed E-state index contributed by atoms with van der Waals surface area (Å²) in [6.07, 6.45) is 1.86. The number of furan rings is 1. The molecule has 0 spiro atoms. The molecule has 3 aromatic heterocycles. The smallest absolute Gasteiger partial charge is 0.164 e. The van der Waals surface area contributed by atoms with Crippen molar-refractivity contribution < 1.29 is 4.42 Å². The van der Waals surface area contributed by atoms with Crippen molar-refractivity contribution in [1.29, 1.82) is 0 Å². The van der Waals surface area contributed by atoms with Gasteiger partial charge in [-0.25, -0.2) is 15.0 Å². The van der Waals surface area contributed by atoms with Gasteiger partial charge in [0.15, 0.2) is 17.5 Å². The molecule has 0 aliphatic carbocycles. The minimum Gasteiger partial charge on any atom is -0.456 e. The zero-order valence-corrected chi connectivity index (χ0v) is 24.1. The van der Waals surface area contributed by atoms with Crippen molar-refractivity contribution in [2.45, 2.75) is 0 Å². The number of aromatic nitrogens is 4. The summed E-state index contributed by atoms with van der Waals surface area (Å²) in [5.41, 5.74) is 7.68. The predicted molar refractivity (Wildman–Crippen MR) is 182 cm³/mol. The van der Waals surface area contributed by atoms with E-state index in [1.54, 1.807) is 0 Å². The first-order valence-corrected chi connectivity index (χ1v) is 14.9. The van der Waals surface area contributed by atoms with E-state index in [4.69, 9.17) is 24.4 Å². The van der Waals surface area contributed by atoms with Gasteiger partial charge in [0.2, 0.25) is 0 Å². The molecule has 5 nitrogen and oxygen atoms in total. The van der Waals surface area contributed by atoms with Crippen molar-refractivity contribution in [3.63, 3.8) is 0 Å². The number of benzene rings is 6. The number of pyridine rings is 1. The Morgan fingerprint density at radius 2 is 1.00 bits per heavy atom. The number of hydrogen-bond acceptors (Lipinski definition) is 5. The highest BCUT2D eigenvalue weighted by atomic mass is 16.3. The number of nitrogens with zero attached hydrogens (tertiary/aromatic N) is 4. The van der Waals surface area contributed by atoms with E-state index >= 15 is 0 Å². The van der Waals surface area contributed by atoms with E-state index in [1.165, 1.54) is 0 Å². The Balaban J connectivity index is 1.23. The van der Waals surface area contributed by atoms with Crippen LogP contribution in [0.1, 0.15) is 0 Å². The maximum Gasteiger partial charge on any atom is 0.164 e. The summed E-state index contributed by atoms with van der Waals surface area (Å²) in [4.78, 5) is 19.5. The molecule has 0 amide bonds. The molecular formula is C40H24N4O. The average Bonchev–Trinajstić information content (AvgIpc) is 3.49. The maximum atomic E-state index is 6.31. The highest BCUT2D eigenvalue weighted by Crippen LogP contribution is 2.38. The Bertz CT molecular complexity index is 2480. The number of hydrogen-bond donors (Lipinski definition) is 0. The van der Waals surface area contributed by atoms with Gasteiger partial charge in [-0.1, -0.05) is 103 Å². The van der Waals surface area contributed by atoms with Crippen LogP contribution in [0.4, 0.5) is 0 Å². The summed E-state index contributed by atoms with van der Waals surface area (Å²) in [5.74, 6) is 1.88. The second-order valence-corrected chi connectivity index (χ2v) is 11.1. The largest absolute Gasteiger partial charge is 0.456 e. The van der Waals surface area contributed by atoms with Gasteiger partial charge < -0.3 is 4.42 Å². The quantitative estimate of drug-likeness (QED) is 0.195. The van der Waals surface area contributed by atoms with Gasteiger partial charge >= 0.3 is 0 Å². The van der Waals surface area contributed by atoms with E-state index in [1.807, 2.05) is 85.1 Å². The molecule has 45 heavy (non-hydrogen) atoms. The van der Waals surface area contributed by atoms with E-state index in [2.05, 4.69) is 60.7 Å². The molecule has 0 aliphatic heterocycles. The van der Waals surface area contributed by atoms with Gasteiger partial charge in [-0.05, 0) is 52.9 Å². The van der Waals surface area contributed by atoms with E-state index in [0.717, 1.165) is 71.4 Å². The first kappa shape index (κ1) is 25.3. The van der Waals surface area contributed by atoms with Gasteiger partial charge in [-0.2, -0.15) is 0 Å². The zero-order chi connectivity index (χ0) is 29.7. The molecule has 0 radical (unpaired) electrons. The molecule has 210 valence electrons. The third kappa shape index (κ3) is 4.33. The summed E-state index contributed by atoms with van der Waals surface area (Å²) in [7, 11) is 0. The molecular weight excluding hydrogens is 552 g/mol. The minimum absolute atomic E-state index is 0.613. The fourth-order valence-corrected chi connectivity index (χ4v) is 6.18. The van der Waals surface area contributed by atoms with Crippen molar-refractivity contribution in [2.24, 2.45) is 0 Å². The van der Waals surface area contributed by atoms with Gasteiger partial charge in [0.05, 0.1) is 5.52 Å². The lowest BCUT2D eigenvalue weighted by atomic mass is 9.95. The summed E-state index contributed by atoms with van der Waals surface area (Å²) in [6, 6.07) is 47.5. The van der Waals surface area contributed by atoms with Crippen molar-refractivity contribution in [2.75, 3.05) is 0 Å². The summed E-state index contributed by atoms with van der Waals surface area (Å²) < 4.78 is 6.31. The molecule has 3 heterocycles. The summed E-state index contributed by atoms with van der Waals surface area (Å²) >= 11 is 0. The maximum absolute atomic E-state index is 6.31. The molecule has 0 N–H and O–H groups in total. The molecule has 6 aromatic carbocycles. The first-order chi connectivity index (χ1) is 22.3. The van der Waals surface area contributed by atoms with Crippen LogP contribution in [0.2, 0.25) is 0 Å². The summed E-state index contributed by atoms with van der Waals surface area (Å²) in [6.45, 7) is 0. The molecule has 9 aromatic rings. The lowest BCUT2D eigenvalue weighted by molar-refractivity contribution is 0.669. The zero-order valence-electron chi connectivity index (χ0n) is 24.1. The molecule has 9 rings (SSSR count). The molecule has 5 heteroatoms. The van der Waals surface area contributed by atoms with Gasteiger partial charge in [-0.3, -0.25) is 4.98 Å². The third-order valence-corrected chi connectivity index (χ3v) is 8.35. The standard InChI is InChI=1S/C40H24N4O/c1-3-9-27(10-4-1)38-42-39(28-11-5-2-6-12-28)44-40(43-38)30-19-21-35-33(24-30)32-23-29(18-20-34(32)45-35)31-15-7-13-25-16-17-26-14-8-22-41-37(26)36(25)31/h1-24H. The molecule has 0 saturated carbocycles. The van der Waals surface area contributed by atoms with E-state index in [-0.39, 0.29) is 0 Å². The van der Waals surface area contributed by atoms with Gasteiger partial charge in [0.1, 0.15) is 11.2 Å². The van der Waals surface area contributed by atoms with Crippen LogP contribution < -0.4 is 0 Å². The van der Waals surface area contributed by atoms with Gasteiger partial charge in [-0.15, -0.1) is 0 Å². The number of fused-ring (bicyclic) bond motifs is 6. The van der Waals surface area contributed by atoms with Crippen LogP contribution in [0.3, 0.4) is 0 Å². The summed E-state index contributed by atoms with van der Waals surface area (Å²) in [5, 5.41) is 5.48. The SMILES string of the molecule is c1ccc(-c2nc(-c3ccccc3)nc(-c3ccc4oc5ccc(-c6cccc7ccc8cccnc8c67)cc5c4c3)n2)cc1. The molecule has 0 unspecified atom stereocenters. The second-order valence-electron chi connectivity index (χ2n) is 11.1. The first-order valence-electron chi connectivity index (χ1n) is 14.9. The fourth-order valence-electron chi connectivity index (χ4n) is 6.18. The number of rotatable bonds is 4. The highest BCUT2D eigenvalue weighted by molar-refractivity contribution is 6.14. The fraction of sp³-hybridized carbons (Fsp3) is 0. The lowest BCUT2D eigenvalue weighted by Gasteiger charge is -2.10. The average molecular weight is 577 g/mol. The monoisotopic (exact) mass is 576 g/mol. The van der Waals surface area contributed by atoms with Crippen molar-refractivity contribution in [1.82, 2.24) is 19.9 Å². The van der Waals surface area contributed by atoms with Gasteiger partial charge in [0.25, 0.3) is 0 Å². The molecule has 0 aliphatic rings. The van der Waals surface area contributed by atoms with Crippen LogP contribution in [0, 0.1) is 0 Å². The Labute approximate surface area is 258 Å². The van der Waals surface area contributed by atoms with Crippen molar-refractivity contribution in [3.05, 3.63) is 146 Å². The van der Waals surface area contributed by atoms with Crippen LogP contribution in [-0.2, 0) is 0 Å². The topological polar surface area (TPSA) is 64.7 Å². The molecule has 0 saturated heterocycles. The Kier molecular flexibility index (Phi) is 5.74. The van der Waals surface area contributed by atoms with E-state index in [9.17, 15) is 0 Å². The Morgan fingerprint density at radius 1 is 0.422 bits per heavy atom. The van der Waals surface area contributed by atoms with Crippen LogP contribution in [-0.4, -0.2) is 19.9 Å². The molecule has 0 atom stereocenters. The highest BCUT2D eigenvalue weighted by Gasteiger charge is 2.16. The minimum atomic E-state index is 0.613. The molecule has 0 fully saturated rings. The second kappa shape index (κ2) is 10.2. The van der Waals surface area contributed by atoms with E-state index < -0.39 is 0 Å². The van der Waals surface area contributed by atoms with Crippen LogP contribution >= 0.6 is 0 Å². The van der Waals surface area contributed by atoms with Crippen molar-refractivity contribution in [3.8, 4) is 45.3 Å². The third-order valence-electron chi connectivity index (χ3n) is 8.35. The predicted octanol–water partition coefficient (Wildman–Crippen LogP) is 10.1. The van der Waals surface area contributed by atoms with Crippen LogP contribution in [0.25, 0.3) is 88.9 Å². The van der Waals surface area contributed by atoms with Crippen LogP contribution in [0.15, 0.2) is 150 Å². The molecule has 0 bridgehead atoms.